The summed E-state index contributed by atoms with van der Waals surface area (Å²) in [7, 11) is 0. The average molecular weight is 429 g/mol. The van der Waals surface area contributed by atoms with Crippen LogP contribution in [0.15, 0.2) is 11.6 Å². The van der Waals surface area contributed by atoms with E-state index in [9.17, 15) is 15.0 Å². The Morgan fingerprint density at radius 2 is 1.65 bits per heavy atom. The van der Waals surface area contributed by atoms with Crippen molar-refractivity contribution in [2.45, 2.75) is 98.7 Å². The van der Waals surface area contributed by atoms with Gasteiger partial charge in [0.15, 0.2) is 5.78 Å². The summed E-state index contributed by atoms with van der Waals surface area (Å²) >= 11 is 0. The molecule has 0 aromatic heterocycles. The van der Waals surface area contributed by atoms with Crippen LogP contribution >= 0.6 is 0 Å². The highest BCUT2D eigenvalue weighted by molar-refractivity contribution is 6.00. The maximum Gasteiger partial charge on any atom is 0.162 e. The molecule has 1 spiro atoms. The Labute approximate surface area is 189 Å². The van der Waals surface area contributed by atoms with Crippen LogP contribution < -0.4 is 0 Å². The predicted molar refractivity (Wildman–Crippen MR) is 123 cm³/mol. The van der Waals surface area contributed by atoms with Crippen molar-refractivity contribution >= 4 is 5.78 Å². The van der Waals surface area contributed by atoms with Crippen LogP contribution in [0.5, 0.6) is 0 Å². The van der Waals surface area contributed by atoms with E-state index >= 15 is 0 Å². The highest BCUT2D eigenvalue weighted by Crippen LogP contribution is 2.79. The smallest absolute Gasteiger partial charge is 0.162 e. The average Bonchev–Trinajstić information content (AvgIpc) is 3.26. The summed E-state index contributed by atoms with van der Waals surface area (Å²) in [5.74, 6) is 3.08. The number of aliphatic hydroxyl groups is 2. The molecule has 0 radical (unpaired) electrons. The second-order valence-corrected chi connectivity index (χ2v) is 13.1. The van der Waals surface area contributed by atoms with Gasteiger partial charge in [-0.3, -0.25) is 4.79 Å². The number of carbonyl (C=O) groups is 1. The maximum atomic E-state index is 13.4. The Morgan fingerprint density at radius 1 is 0.935 bits per heavy atom. The van der Waals surface area contributed by atoms with Gasteiger partial charge in [-0.25, -0.2) is 0 Å². The fourth-order valence-electron chi connectivity index (χ4n) is 9.46. The fourth-order valence-corrected chi connectivity index (χ4v) is 9.46. The molecule has 0 aromatic rings. The molecule has 0 bridgehead atoms. The Bertz CT molecular complexity index is 800. The SMILES string of the molecule is CC(C)[C@@H](C)[C@H](O)[C@H](O)[C@@H](C)[C@H]1CC[C@H]2C3=CC(=O)[C@]45C[C@H]4CC[C@]5(C)[C@H]3CC[C@]12C. The summed E-state index contributed by atoms with van der Waals surface area (Å²) in [6.07, 6.45) is 9.02. The van der Waals surface area contributed by atoms with Crippen LogP contribution in [0.4, 0.5) is 0 Å². The van der Waals surface area contributed by atoms with Gasteiger partial charge in [0.25, 0.3) is 0 Å². The normalized spacial score (nSPS) is 49.5. The number of carbonyl (C=O) groups excluding carboxylic acids is 1. The molecule has 0 amide bonds. The molecule has 4 saturated carbocycles. The lowest BCUT2D eigenvalue weighted by atomic mass is 9.49. The van der Waals surface area contributed by atoms with Crippen LogP contribution in [-0.2, 0) is 4.79 Å². The summed E-state index contributed by atoms with van der Waals surface area (Å²) in [6, 6.07) is 0. The van der Waals surface area contributed by atoms with Crippen molar-refractivity contribution in [3.05, 3.63) is 11.6 Å². The van der Waals surface area contributed by atoms with Gasteiger partial charge in [0.1, 0.15) is 0 Å². The van der Waals surface area contributed by atoms with Crippen LogP contribution in [0.25, 0.3) is 0 Å². The molecule has 3 nitrogen and oxygen atoms in total. The Balaban J connectivity index is 1.41. The van der Waals surface area contributed by atoms with Crippen LogP contribution in [0.1, 0.15) is 86.5 Å². The van der Waals surface area contributed by atoms with Gasteiger partial charge in [-0.05, 0) is 103 Å². The van der Waals surface area contributed by atoms with Crippen molar-refractivity contribution in [2.24, 2.45) is 57.7 Å². The quantitative estimate of drug-likeness (QED) is 0.617. The molecule has 0 aromatic carbocycles. The van der Waals surface area contributed by atoms with Crippen LogP contribution in [-0.4, -0.2) is 28.2 Å². The molecule has 11 atom stereocenters. The molecule has 0 saturated heterocycles. The molecule has 3 heteroatoms. The van der Waals surface area contributed by atoms with Crippen molar-refractivity contribution in [3.63, 3.8) is 0 Å². The number of hydrogen-bond donors (Lipinski definition) is 2. The number of ketones is 1. The summed E-state index contributed by atoms with van der Waals surface area (Å²) < 4.78 is 0. The van der Waals surface area contributed by atoms with Crippen molar-refractivity contribution in [3.8, 4) is 0 Å². The van der Waals surface area contributed by atoms with E-state index in [1.165, 1.54) is 31.3 Å². The van der Waals surface area contributed by atoms with Crippen molar-refractivity contribution in [1.29, 1.82) is 0 Å². The third-order valence-corrected chi connectivity index (χ3v) is 11.9. The first-order valence-electron chi connectivity index (χ1n) is 13.1. The number of rotatable bonds is 5. The first-order valence-corrected chi connectivity index (χ1v) is 13.1. The van der Waals surface area contributed by atoms with E-state index < -0.39 is 12.2 Å². The van der Waals surface area contributed by atoms with Gasteiger partial charge < -0.3 is 10.2 Å². The van der Waals surface area contributed by atoms with Gasteiger partial charge in [0.05, 0.1) is 12.2 Å². The van der Waals surface area contributed by atoms with Crippen LogP contribution in [0.2, 0.25) is 0 Å². The molecule has 174 valence electrons. The maximum absolute atomic E-state index is 13.4. The molecule has 5 aliphatic rings. The number of hydrogen-bond acceptors (Lipinski definition) is 3. The third-order valence-electron chi connectivity index (χ3n) is 11.9. The lowest BCUT2D eigenvalue weighted by Gasteiger charge is -2.55. The summed E-state index contributed by atoms with van der Waals surface area (Å²) in [5, 5.41) is 22.0. The summed E-state index contributed by atoms with van der Waals surface area (Å²) in [6.45, 7) is 13.3. The molecule has 0 unspecified atom stereocenters. The molecular weight excluding hydrogens is 384 g/mol. The lowest BCUT2D eigenvalue weighted by molar-refractivity contribution is -0.128. The predicted octanol–water partition coefficient (Wildman–Crippen LogP) is 5.39. The fraction of sp³-hybridized carbons (Fsp3) is 0.893. The van der Waals surface area contributed by atoms with E-state index in [2.05, 4.69) is 47.6 Å². The standard InChI is InChI=1S/C28H44O3/c1-15(2)16(3)24(30)25(31)17(4)20-7-8-21-19-13-23(29)28-14-18(28)9-12-27(28,6)22(19)10-11-26(20,21)5/h13,15-18,20-22,24-25,30-31H,7-12,14H2,1-6H3/t16-,17+,18-,20-,21+,22+,24+,25-,26-,27-,28+/m1/s1. The van der Waals surface area contributed by atoms with Crippen molar-refractivity contribution < 1.29 is 15.0 Å². The molecule has 0 heterocycles. The van der Waals surface area contributed by atoms with E-state index in [1.54, 1.807) is 0 Å². The highest BCUT2D eigenvalue weighted by Gasteiger charge is 2.76. The zero-order valence-corrected chi connectivity index (χ0v) is 20.5. The Hall–Kier alpha value is -0.670. The largest absolute Gasteiger partial charge is 0.390 e. The number of allylic oxidation sites excluding steroid dienone is 2. The summed E-state index contributed by atoms with van der Waals surface area (Å²) in [4.78, 5) is 13.4. The van der Waals surface area contributed by atoms with Gasteiger partial charge >= 0.3 is 0 Å². The summed E-state index contributed by atoms with van der Waals surface area (Å²) in [5.41, 5.74) is 1.78. The lowest BCUT2D eigenvalue weighted by Crippen LogP contribution is -2.51. The van der Waals surface area contributed by atoms with E-state index in [0.717, 1.165) is 19.3 Å². The Kier molecular flexibility index (Phi) is 4.94. The van der Waals surface area contributed by atoms with Gasteiger partial charge in [0, 0.05) is 5.41 Å². The molecule has 0 aliphatic heterocycles. The van der Waals surface area contributed by atoms with Crippen molar-refractivity contribution in [1.82, 2.24) is 0 Å². The molecule has 5 aliphatic carbocycles. The molecule has 2 N–H and O–H groups in total. The minimum atomic E-state index is -0.680. The molecule has 5 rings (SSSR count). The first-order chi connectivity index (χ1) is 14.5. The molecular formula is C28H44O3. The first kappa shape index (κ1) is 22.1. The highest BCUT2D eigenvalue weighted by atomic mass is 16.3. The number of aliphatic hydroxyl groups excluding tert-OH is 2. The second kappa shape index (κ2) is 6.92. The molecule has 31 heavy (non-hydrogen) atoms. The molecule has 4 fully saturated rings. The second-order valence-electron chi connectivity index (χ2n) is 13.1. The Morgan fingerprint density at radius 3 is 2.29 bits per heavy atom. The van der Waals surface area contributed by atoms with Gasteiger partial charge in [-0.1, -0.05) is 47.1 Å². The van der Waals surface area contributed by atoms with Crippen molar-refractivity contribution in [2.75, 3.05) is 0 Å². The third kappa shape index (κ3) is 2.68. The van der Waals surface area contributed by atoms with Crippen LogP contribution in [0, 0.1) is 57.7 Å². The van der Waals surface area contributed by atoms with E-state index in [-0.39, 0.29) is 28.1 Å². The topological polar surface area (TPSA) is 57.5 Å². The zero-order valence-electron chi connectivity index (χ0n) is 20.5. The van der Waals surface area contributed by atoms with E-state index in [1.807, 2.05) is 0 Å². The van der Waals surface area contributed by atoms with Gasteiger partial charge in [0.2, 0.25) is 0 Å². The van der Waals surface area contributed by atoms with E-state index in [0.29, 0.717) is 35.4 Å². The van der Waals surface area contributed by atoms with Gasteiger partial charge in [-0.15, -0.1) is 0 Å². The minimum absolute atomic E-state index is 0.00645. The monoisotopic (exact) mass is 428 g/mol. The van der Waals surface area contributed by atoms with Gasteiger partial charge in [-0.2, -0.15) is 0 Å². The number of fused-ring (bicyclic) bond motifs is 4. The zero-order chi connectivity index (χ0) is 22.5. The minimum Gasteiger partial charge on any atom is -0.390 e. The van der Waals surface area contributed by atoms with E-state index in [4.69, 9.17) is 0 Å². The van der Waals surface area contributed by atoms with Crippen LogP contribution in [0.3, 0.4) is 0 Å².